The summed E-state index contributed by atoms with van der Waals surface area (Å²) in [6.07, 6.45) is 6.17. The van der Waals surface area contributed by atoms with E-state index in [4.69, 9.17) is 11.6 Å². The molecule has 5 N–H and O–H groups in total. The summed E-state index contributed by atoms with van der Waals surface area (Å²) in [5.74, 6) is 6.16. The van der Waals surface area contributed by atoms with Crippen molar-refractivity contribution < 1.29 is 0 Å². The standard InChI is InChI=1S/C13H17N5/c1-2-9-8-16-7-5-10(9)12(18-15)11-4-3-6-17-13(11)14/h3-8,12,18H,2,15H2,1H3,(H2,14,17). The van der Waals surface area contributed by atoms with Crippen LogP contribution in [-0.2, 0) is 6.42 Å². The predicted molar refractivity (Wildman–Crippen MR) is 71.4 cm³/mol. The lowest BCUT2D eigenvalue weighted by Gasteiger charge is -2.20. The van der Waals surface area contributed by atoms with E-state index in [2.05, 4.69) is 22.3 Å². The summed E-state index contributed by atoms with van der Waals surface area (Å²) in [6.45, 7) is 2.08. The molecule has 94 valence electrons. The van der Waals surface area contributed by atoms with E-state index in [1.54, 1.807) is 12.4 Å². The van der Waals surface area contributed by atoms with E-state index in [0.29, 0.717) is 5.82 Å². The van der Waals surface area contributed by atoms with Crippen LogP contribution < -0.4 is 17.0 Å². The van der Waals surface area contributed by atoms with Gasteiger partial charge >= 0.3 is 0 Å². The molecule has 0 saturated heterocycles. The number of nitrogens with two attached hydrogens (primary N) is 2. The number of nitrogens with one attached hydrogen (secondary N) is 1. The molecule has 18 heavy (non-hydrogen) atoms. The molecule has 0 bridgehead atoms. The van der Waals surface area contributed by atoms with Gasteiger partial charge in [0, 0.05) is 24.2 Å². The summed E-state index contributed by atoms with van der Waals surface area (Å²) < 4.78 is 0. The average molecular weight is 243 g/mol. The molecule has 0 radical (unpaired) electrons. The van der Waals surface area contributed by atoms with Crippen molar-refractivity contribution in [1.82, 2.24) is 15.4 Å². The minimum Gasteiger partial charge on any atom is -0.383 e. The Morgan fingerprint density at radius 1 is 1.28 bits per heavy atom. The Kier molecular flexibility index (Phi) is 3.86. The molecule has 0 saturated carbocycles. The number of pyridine rings is 2. The van der Waals surface area contributed by atoms with Crippen LogP contribution >= 0.6 is 0 Å². The van der Waals surface area contributed by atoms with Crippen molar-refractivity contribution in [1.29, 1.82) is 0 Å². The maximum atomic E-state index is 5.90. The van der Waals surface area contributed by atoms with Gasteiger partial charge in [0.05, 0.1) is 6.04 Å². The molecule has 5 heteroatoms. The molecule has 0 fully saturated rings. The van der Waals surface area contributed by atoms with Crippen molar-refractivity contribution in [3.05, 3.63) is 53.5 Å². The SMILES string of the molecule is CCc1cnccc1C(NN)c1cccnc1N. The lowest BCUT2D eigenvalue weighted by atomic mass is 9.95. The van der Waals surface area contributed by atoms with Gasteiger partial charge in [-0.05, 0) is 29.7 Å². The molecule has 0 amide bonds. The molecule has 5 nitrogen and oxygen atoms in total. The molecule has 1 atom stereocenters. The fraction of sp³-hybridized carbons (Fsp3) is 0.231. The van der Waals surface area contributed by atoms with Crippen LogP contribution in [0.1, 0.15) is 29.7 Å². The van der Waals surface area contributed by atoms with Gasteiger partial charge in [0.15, 0.2) is 0 Å². The molecule has 2 aromatic heterocycles. The van der Waals surface area contributed by atoms with Crippen molar-refractivity contribution in [2.24, 2.45) is 5.84 Å². The van der Waals surface area contributed by atoms with E-state index in [-0.39, 0.29) is 6.04 Å². The van der Waals surface area contributed by atoms with Crippen LogP contribution in [-0.4, -0.2) is 9.97 Å². The Hall–Kier alpha value is -1.98. The summed E-state index contributed by atoms with van der Waals surface area (Å²) in [5.41, 5.74) is 11.8. The summed E-state index contributed by atoms with van der Waals surface area (Å²) >= 11 is 0. The topological polar surface area (TPSA) is 89.8 Å². The normalized spacial score (nSPS) is 12.3. The lowest BCUT2D eigenvalue weighted by molar-refractivity contribution is 0.630. The smallest absolute Gasteiger partial charge is 0.128 e. The van der Waals surface area contributed by atoms with Gasteiger partial charge in [-0.3, -0.25) is 10.8 Å². The van der Waals surface area contributed by atoms with E-state index >= 15 is 0 Å². The lowest BCUT2D eigenvalue weighted by Crippen LogP contribution is -2.30. The van der Waals surface area contributed by atoms with Crippen molar-refractivity contribution in [2.75, 3.05) is 5.73 Å². The molecule has 2 aromatic rings. The number of rotatable bonds is 4. The Labute approximate surface area is 106 Å². The Morgan fingerprint density at radius 3 is 2.78 bits per heavy atom. The molecular weight excluding hydrogens is 226 g/mol. The van der Waals surface area contributed by atoms with Crippen molar-refractivity contribution in [3.8, 4) is 0 Å². The van der Waals surface area contributed by atoms with E-state index in [9.17, 15) is 0 Å². The molecule has 0 aliphatic carbocycles. The molecule has 0 spiro atoms. The van der Waals surface area contributed by atoms with Gasteiger partial charge < -0.3 is 5.73 Å². The number of nitrogens with zero attached hydrogens (tertiary/aromatic N) is 2. The fourth-order valence-corrected chi connectivity index (χ4v) is 2.04. The van der Waals surface area contributed by atoms with Gasteiger partial charge in [0.2, 0.25) is 0 Å². The van der Waals surface area contributed by atoms with Gasteiger partial charge in [0.1, 0.15) is 5.82 Å². The highest BCUT2D eigenvalue weighted by molar-refractivity contribution is 5.46. The predicted octanol–water partition coefficient (Wildman–Crippen LogP) is 1.17. The summed E-state index contributed by atoms with van der Waals surface area (Å²) in [7, 11) is 0. The molecular formula is C13H17N5. The first-order valence-electron chi connectivity index (χ1n) is 5.87. The molecule has 0 aliphatic heterocycles. The zero-order valence-electron chi connectivity index (χ0n) is 10.3. The zero-order valence-corrected chi connectivity index (χ0v) is 10.3. The van der Waals surface area contributed by atoms with Crippen LogP contribution in [0, 0.1) is 0 Å². The van der Waals surface area contributed by atoms with E-state index in [1.165, 1.54) is 0 Å². The molecule has 2 heterocycles. The van der Waals surface area contributed by atoms with Gasteiger partial charge in [-0.2, -0.15) is 0 Å². The summed E-state index contributed by atoms with van der Waals surface area (Å²) in [6, 6.07) is 5.56. The number of hydrogen-bond acceptors (Lipinski definition) is 5. The highest BCUT2D eigenvalue weighted by atomic mass is 15.2. The maximum Gasteiger partial charge on any atom is 0.128 e. The van der Waals surface area contributed by atoms with E-state index in [0.717, 1.165) is 23.1 Å². The number of anilines is 1. The number of aromatic nitrogens is 2. The summed E-state index contributed by atoms with van der Waals surface area (Å²) in [5, 5.41) is 0. The zero-order chi connectivity index (χ0) is 13.0. The van der Waals surface area contributed by atoms with Crippen LogP contribution in [0.4, 0.5) is 5.82 Å². The highest BCUT2D eigenvalue weighted by Gasteiger charge is 2.18. The van der Waals surface area contributed by atoms with Crippen LogP contribution in [0.3, 0.4) is 0 Å². The number of hydrogen-bond donors (Lipinski definition) is 3. The van der Waals surface area contributed by atoms with Crippen LogP contribution in [0.5, 0.6) is 0 Å². The second-order valence-electron chi connectivity index (χ2n) is 4.01. The van der Waals surface area contributed by atoms with Gasteiger partial charge in [-0.25, -0.2) is 10.4 Å². The van der Waals surface area contributed by atoms with Gasteiger partial charge in [0.25, 0.3) is 0 Å². The largest absolute Gasteiger partial charge is 0.383 e. The van der Waals surface area contributed by atoms with E-state index in [1.807, 2.05) is 24.4 Å². The van der Waals surface area contributed by atoms with Crippen molar-refractivity contribution in [3.63, 3.8) is 0 Å². The molecule has 1 unspecified atom stereocenters. The van der Waals surface area contributed by atoms with E-state index < -0.39 is 0 Å². The number of nitrogen functional groups attached to an aromatic ring is 1. The van der Waals surface area contributed by atoms with Crippen molar-refractivity contribution in [2.45, 2.75) is 19.4 Å². The van der Waals surface area contributed by atoms with Crippen molar-refractivity contribution >= 4 is 5.82 Å². The number of hydrazine groups is 1. The Balaban J connectivity index is 2.49. The third-order valence-electron chi connectivity index (χ3n) is 2.98. The first-order valence-corrected chi connectivity index (χ1v) is 5.87. The minimum atomic E-state index is -0.170. The molecule has 0 aliphatic rings. The quantitative estimate of drug-likeness (QED) is 0.554. The maximum absolute atomic E-state index is 5.90. The van der Waals surface area contributed by atoms with Crippen LogP contribution in [0.15, 0.2) is 36.8 Å². The van der Waals surface area contributed by atoms with Crippen LogP contribution in [0.25, 0.3) is 0 Å². The first kappa shape index (κ1) is 12.5. The fourth-order valence-electron chi connectivity index (χ4n) is 2.04. The molecule has 0 aromatic carbocycles. The van der Waals surface area contributed by atoms with Crippen LogP contribution in [0.2, 0.25) is 0 Å². The summed E-state index contributed by atoms with van der Waals surface area (Å²) in [4.78, 5) is 8.23. The second kappa shape index (κ2) is 5.57. The van der Waals surface area contributed by atoms with Gasteiger partial charge in [-0.15, -0.1) is 0 Å². The monoisotopic (exact) mass is 243 g/mol. The highest BCUT2D eigenvalue weighted by Crippen LogP contribution is 2.26. The minimum absolute atomic E-state index is 0.170. The Bertz CT molecular complexity index is 526. The second-order valence-corrected chi connectivity index (χ2v) is 4.01. The van der Waals surface area contributed by atoms with Gasteiger partial charge in [-0.1, -0.05) is 13.0 Å². The third kappa shape index (κ3) is 2.32. The number of aryl methyl sites for hydroxylation is 1. The first-order chi connectivity index (χ1) is 8.77. The Morgan fingerprint density at radius 2 is 2.11 bits per heavy atom. The molecule has 2 rings (SSSR count). The average Bonchev–Trinajstić information content (AvgIpc) is 2.42. The third-order valence-corrected chi connectivity index (χ3v) is 2.98.